The van der Waals surface area contributed by atoms with Crippen molar-refractivity contribution in [2.75, 3.05) is 5.73 Å². The molecule has 3 aromatic rings. The molecule has 2 aromatic heterocycles. The van der Waals surface area contributed by atoms with Crippen LogP contribution < -0.4 is 5.73 Å². The third-order valence-electron chi connectivity index (χ3n) is 2.95. The molecule has 0 unspecified atom stereocenters. The largest absolute Gasteiger partial charge is 0.367 e. The van der Waals surface area contributed by atoms with Crippen molar-refractivity contribution in [1.29, 1.82) is 0 Å². The molecule has 0 saturated heterocycles. The topological polar surface area (TPSA) is 52.0 Å². The molecule has 3 rings (SSSR count). The fourth-order valence-corrected chi connectivity index (χ4v) is 3.98. The maximum atomic E-state index is 5.97. The van der Waals surface area contributed by atoms with E-state index in [-0.39, 0.29) is 0 Å². The van der Waals surface area contributed by atoms with Crippen LogP contribution >= 0.6 is 43.2 Å². The highest BCUT2D eigenvalue weighted by Gasteiger charge is 2.21. The summed E-state index contributed by atoms with van der Waals surface area (Å²) >= 11 is 8.70. The summed E-state index contributed by atoms with van der Waals surface area (Å²) in [5, 5.41) is 4.13. The Morgan fingerprint density at radius 3 is 2.65 bits per heavy atom. The first kappa shape index (κ1) is 13.9. The van der Waals surface area contributed by atoms with Crippen LogP contribution in [0, 0.1) is 6.92 Å². The molecule has 1 aromatic carbocycles. The molecular weight excluding hydrogens is 404 g/mol. The summed E-state index contributed by atoms with van der Waals surface area (Å²) in [6, 6.07) is 9.97. The van der Waals surface area contributed by atoms with E-state index < -0.39 is 0 Å². The van der Waals surface area contributed by atoms with Crippen molar-refractivity contribution in [3.8, 4) is 21.7 Å². The average Bonchev–Trinajstić information content (AvgIpc) is 2.94. The third-order valence-corrected chi connectivity index (χ3v) is 5.79. The first-order valence-corrected chi connectivity index (χ1v) is 8.24. The fourth-order valence-electron chi connectivity index (χ4n) is 1.97. The van der Waals surface area contributed by atoms with Crippen LogP contribution in [0.3, 0.4) is 0 Å². The standard InChI is InChI=1S/C14H10Br2N2OS/c1-7-6-10(20-13(7)16)12-11(14(17)19-18-12)8-4-2-3-5-9(8)15/h2-6H,17H2,1H3. The lowest BCUT2D eigenvalue weighted by Gasteiger charge is -2.03. The summed E-state index contributed by atoms with van der Waals surface area (Å²) < 4.78 is 7.26. The van der Waals surface area contributed by atoms with Crippen LogP contribution in [0.5, 0.6) is 0 Å². The molecule has 0 amide bonds. The van der Waals surface area contributed by atoms with Gasteiger partial charge in [0.1, 0.15) is 5.69 Å². The van der Waals surface area contributed by atoms with Crippen LogP contribution in [0.2, 0.25) is 0 Å². The minimum Gasteiger partial charge on any atom is -0.367 e. The Balaban J connectivity index is 2.23. The van der Waals surface area contributed by atoms with Gasteiger partial charge in [-0.1, -0.05) is 39.3 Å². The highest BCUT2D eigenvalue weighted by atomic mass is 79.9. The molecule has 0 aliphatic carbocycles. The Hall–Kier alpha value is -1.11. The number of aryl methyl sites for hydroxylation is 1. The van der Waals surface area contributed by atoms with E-state index in [0.29, 0.717) is 5.88 Å². The maximum absolute atomic E-state index is 5.97. The summed E-state index contributed by atoms with van der Waals surface area (Å²) in [5.41, 5.74) is 9.71. The number of nitrogen functional groups attached to an aromatic ring is 1. The second-order valence-electron chi connectivity index (χ2n) is 4.32. The number of halogens is 2. The van der Waals surface area contributed by atoms with E-state index in [0.717, 1.165) is 30.0 Å². The monoisotopic (exact) mass is 412 g/mol. The molecule has 2 heterocycles. The normalized spacial score (nSPS) is 10.9. The Bertz CT molecular complexity index is 760. The van der Waals surface area contributed by atoms with Crippen LogP contribution in [0.4, 0.5) is 5.88 Å². The van der Waals surface area contributed by atoms with Crippen molar-refractivity contribution in [2.24, 2.45) is 0 Å². The molecule has 6 heteroatoms. The molecule has 102 valence electrons. The maximum Gasteiger partial charge on any atom is 0.230 e. The molecule has 3 nitrogen and oxygen atoms in total. The molecule has 2 N–H and O–H groups in total. The van der Waals surface area contributed by atoms with Gasteiger partial charge in [-0.25, -0.2) is 0 Å². The van der Waals surface area contributed by atoms with Gasteiger partial charge in [-0.15, -0.1) is 11.3 Å². The highest BCUT2D eigenvalue weighted by Crippen LogP contribution is 2.43. The first-order chi connectivity index (χ1) is 9.58. The van der Waals surface area contributed by atoms with Gasteiger partial charge in [-0.2, -0.15) is 0 Å². The SMILES string of the molecule is Cc1cc(-c2noc(N)c2-c2ccccc2Br)sc1Br. The summed E-state index contributed by atoms with van der Waals surface area (Å²) in [5.74, 6) is 0.328. The van der Waals surface area contributed by atoms with Crippen molar-refractivity contribution in [2.45, 2.75) is 6.92 Å². The lowest BCUT2D eigenvalue weighted by atomic mass is 10.0. The molecule has 0 fully saturated rings. The van der Waals surface area contributed by atoms with E-state index in [2.05, 4.69) is 43.1 Å². The molecule has 0 saturated carbocycles. The molecule has 0 aliphatic heterocycles. The van der Waals surface area contributed by atoms with Crippen molar-refractivity contribution in [1.82, 2.24) is 5.16 Å². The lowest BCUT2D eigenvalue weighted by Crippen LogP contribution is -1.87. The number of nitrogens with two attached hydrogens (primary N) is 1. The third kappa shape index (κ3) is 2.32. The number of anilines is 1. The predicted molar refractivity (Wildman–Crippen MR) is 89.8 cm³/mol. The highest BCUT2D eigenvalue weighted by molar-refractivity contribution is 9.11. The van der Waals surface area contributed by atoms with Crippen LogP contribution in [0.25, 0.3) is 21.7 Å². The molecule has 0 aliphatic rings. The smallest absolute Gasteiger partial charge is 0.230 e. The van der Waals surface area contributed by atoms with E-state index >= 15 is 0 Å². The molecular formula is C14H10Br2N2OS. The van der Waals surface area contributed by atoms with Crippen LogP contribution in [0.15, 0.2) is 43.1 Å². The zero-order valence-corrected chi connectivity index (χ0v) is 14.5. The van der Waals surface area contributed by atoms with Crippen LogP contribution in [0.1, 0.15) is 5.56 Å². The van der Waals surface area contributed by atoms with Gasteiger partial charge < -0.3 is 10.3 Å². The second-order valence-corrected chi connectivity index (χ2v) is 7.54. The van der Waals surface area contributed by atoms with Crippen LogP contribution in [-0.2, 0) is 0 Å². The van der Waals surface area contributed by atoms with Gasteiger partial charge in [-0.3, -0.25) is 0 Å². The van der Waals surface area contributed by atoms with Gasteiger partial charge >= 0.3 is 0 Å². The molecule has 0 atom stereocenters. The number of thiophene rings is 1. The summed E-state index contributed by atoms with van der Waals surface area (Å²) in [7, 11) is 0. The van der Waals surface area contributed by atoms with Crippen molar-refractivity contribution >= 4 is 49.1 Å². The fraction of sp³-hybridized carbons (Fsp3) is 0.0714. The summed E-state index contributed by atoms with van der Waals surface area (Å²) in [6.07, 6.45) is 0. The number of benzene rings is 1. The zero-order valence-electron chi connectivity index (χ0n) is 10.5. The van der Waals surface area contributed by atoms with Crippen molar-refractivity contribution in [3.63, 3.8) is 0 Å². The van der Waals surface area contributed by atoms with E-state index in [4.69, 9.17) is 10.3 Å². The number of nitrogens with zero attached hydrogens (tertiary/aromatic N) is 1. The number of aromatic nitrogens is 1. The zero-order chi connectivity index (χ0) is 14.3. The van der Waals surface area contributed by atoms with E-state index in [9.17, 15) is 0 Å². The van der Waals surface area contributed by atoms with Gasteiger partial charge in [0.25, 0.3) is 0 Å². The van der Waals surface area contributed by atoms with Gasteiger partial charge in [0.05, 0.1) is 14.2 Å². The summed E-state index contributed by atoms with van der Waals surface area (Å²) in [4.78, 5) is 1.03. The van der Waals surface area contributed by atoms with Crippen molar-refractivity contribution < 1.29 is 4.52 Å². The predicted octanol–water partition coefficient (Wildman–Crippen LogP) is 5.49. The van der Waals surface area contributed by atoms with Gasteiger partial charge in [0.15, 0.2) is 0 Å². The Morgan fingerprint density at radius 1 is 1.25 bits per heavy atom. The quantitative estimate of drug-likeness (QED) is 0.604. The first-order valence-electron chi connectivity index (χ1n) is 5.84. The summed E-state index contributed by atoms with van der Waals surface area (Å²) in [6.45, 7) is 2.05. The van der Waals surface area contributed by atoms with E-state index in [1.165, 1.54) is 5.56 Å². The Morgan fingerprint density at radius 2 is 2.00 bits per heavy atom. The molecule has 0 radical (unpaired) electrons. The molecule has 20 heavy (non-hydrogen) atoms. The number of hydrogen-bond donors (Lipinski definition) is 1. The van der Waals surface area contributed by atoms with Crippen molar-refractivity contribution in [3.05, 3.63) is 44.2 Å². The molecule has 0 spiro atoms. The number of hydrogen-bond acceptors (Lipinski definition) is 4. The minimum atomic E-state index is 0.328. The van der Waals surface area contributed by atoms with E-state index in [1.54, 1.807) is 11.3 Å². The molecule has 0 bridgehead atoms. The van der Waals surface area contributed by atoms with Crippen LogP contribution in [-0.4, -0.2) is 5.16 Å². The van der Waals surface area contributed by atoms with Gasteiger partial charge in [-0.05, 0) is 40.5 Å². The number of rotatable bonds is 2. The Kier molecular flexibility index (Phi) is 3.70. The lowest BCUT2D eigenvalue weighted by molar-refractivity contribution is 0.439. The Labute approximate surface area is 137 Å². The minimum absolute atomic E-state index is 0.328. The average molecular weight is 414 g/mol. The van der Waals surface area contributed by atoms with Gasteiger partial charge in [0.2, 0.25) is 5.88 Å². The second kappa shape index (κ2) is 5.35. The van der Waals surface area contributed by atoms with Gasteiger partial charge in [0, 0.05) is 10.0 Å². The van der Waals surface area contributed by atoms with E-state index in [1.807, 2.05) is 31.2 Å².